The van der Waals surface area contributed by atoms with Crippen molar-refractivity contribution < 1.29 is 0 Å². The lowest BCUT2D eigenvalue weighted by molar-refractivity contribution is 0.556. The smallest absolute Gasteiger partial charge is 0.263 e. The van der Waals surface area contributed by atoms with Crippen LogP contribution in [0.2, 0.25) is 0 Å². The number of aromatic amines is 2. The lowest BCUT2D eigenvalue weighted by Gasteiger charge is -2.17. The summed E-state index contributed by atoms with van der Waals surface area (Å²) in [6.45, 7) is 6.25. The molecule has 0 amide bonds. The van der Waals surface area contributed by atoms with Crippen molar-refractivity contribution in [2.75, 3.05) is 5.32 Å². The van der Waals surface area contributed by atoms with E-state index in [-0.39, 0.29) is 11.6 Å². The van der Waals surface area contributed by atoms with Gasteiger partial charge in [0.25, 0.3) is 5.56 Å². The van der Waals surface area contributed by atoms with Crippen molar-refractivity contribution in [3.05, 3.63) is 16.6 Å². The lowest BCUT2D eigenvalue weighted by Crippen LogP contribution is -2.24. The van der Waals surface area contributed by atoms with Gasteiger partial charge in [-0.2, -0.15) is 10.1 Å². The Labute approximate surface area is 92.5 Å². The summed E-state index contributed by atoms with van der Waals surface area (Å²) < 4.78 is 0. The summed E-state index contributed by atoms with van der Waals surface area (Å²) in [7, 11) is 0. The van der Waals surface area contributed by atoms with Crippen molar-refractivity contribution >= 4 is 17.0 Å². The average molecular weight is 221 g/mol. The van der Waals surface area contributed by atoms with Gasteiger partial charge < -0.3 is 5.32 Å². The molecular formula is C10H15N5O. The standard InChI is InChI=1S/C10H15N5O/c1-5(2)6(3)12-10-13-8-7(4-11-15-8)9(16)14-10/h4-6H,1-3H3,(H3,11,12,13,14,15,16). The number of hydrogen-bond acceptors (Lipinski definition) is 4. The van der Waals surface area contributed by atoms with Crippen LogP contribution >= 0.6 is 0 Å². The molecule has 0 saturated heterocycles. The molecule has 2 heterocycles. The molecule has 2 aromatic rings. The van der Waals surface area contributed by atoms with Crippen LogP contribution in [0, 0.1) is 5.92 Å². The molecule has 0 radical (unpaired) electrons. The molecule has 1 atom stereocenters. The van der Waals surface area contributed by atoms with Gasteiger partial charge in [0.2, 0.25) is 5.95 Å². The second kappa shape index (κ2) is 3.96. The summed E-state index contributed by atoms with van der Waals surface area (Å²) in [5.41, 5.74) is 0.319. The second-order valence-electron chi connectivity index (χ2n) is 4.22. The molecule has 2 rings (SSSR count). The van der Waals surface area contributed by atoms with Gasteiger partial charge in [-0.05, 0) is 12.8 Å². The summed E-state index contributed by atoms with van der Waals surface area (Å²) >= 11 is 0. The van der Waals surface area contributed by atoms with Gasteiger partial charge in [0.15, 0.2) is 5.65 Å². The Morgan fingerprint density at radius 1 is 1.38 bits per heavy atom. The molecular weight excluding hydrogens is 206 g/mol. The zero-order valence-electron chi connectivity index (χ0n) is 9.53. The second-order valence-corrected chi connectivity index (χ2v) is 4.22. The minimum Gasteiger partial charge on any atom is -0.353 e. The fourth-order valence-corrected chi connectivity index (χ4v) is 1.30. The van der Waals surface area contributed by atoms with Gasteiger partial charge in [-0.25, -0.2) is 0 Å². The van der Waals surface area contributed by atoms with Crippen molar-refractivity contribution in [3.63, 3.8) is 0 Å². The number of fused-ring (bicyclic) bond motifs is 1. The fourth-order valence-electron chi connectivity index (χ4n) is 1.30. The van der Waals surface area contributed by atoms with E-state index in [1.165, 1.54) is 6.20 Å². The zero-order chi connectivity index (χ0) is 11.7. The number of hydrogen-bond donors (Lipinski definition) is 3. The first-order chi connectivity index (χ1) is 7.58. The number of rotatable bonds is 3. The molecule has 0 aliphatic rings. The topological polar surface area (TPSA) is 86.5 Å². The van der Waals surface area contributed by atoms with Gasteiger partial charge in [-0.15, -0.1) is 0 Å². The normalized spacial score (nSPS) is 13.2. The molecule has 0 bridgehead atoms. The van der Waals surface area contributed by atoms with E-state index in [0.29, 0.717) is 22.9 Å². The van der Waals surface area contributed by atoms with Gasteiger partial charge >= 0.3 is 0 Å². The van der Waals surface area contributed by atoms with Crippen molar-refractivity contribution in [3.8, 4) is 0 Å². The first-order valence-corrected chi connectivity index (χ1v) is 5.28. The SMILES string of the molecule is CC(C)C(C)Nc1nc2[nH]ncc2c(=O)[nH]1. The molecule has 86 valence electrons. The Hall–Kier alpha value is -1.85. The van der Waals surface area contributed by atoms with Gasteiger partial charge in [0, 0.05) is 6.04 Å². The molecule has 6 heteroatoms. The summed E-state index contributed by atoms with van der Waals surface area (Å²) in [6, 6.07) is 0.239. The molecule has 1 unspecified atom stereocenters. The number of nitrogens with one attached hydrogen (secondary N) is 3. The van der Waals surface area contributed by atoms with Crippen LogP contribution in [0.1, 0.15) is 20.8 Å². The van der Waals surface area contributed by atoms with Crippen molar-refractivity contribution in [1.29, 1.82) is 0 Å². The zero-order valence-corrected chi connectivity index (χ0v) is 9.53. The molecule has 0 fully saturated rings. The molecule has 6 nitrogen and oxygen atoms in total. The molecule has 0 saturated carbocycles. The van der Waals surface area contributed by atoms with Crippen molar-refractivity contribution in [1.82, 2.24) is 20.2 Å². The molecule has 2 aromatic heterocycles. The first kappa shape index (κ1) is 10.7. The minimum absolute atomic E-state index is 0.183. The van der Waals surface area contributed by atoms with Crippen molar-refractivity contribution in [2.24, 2.45) is 5.92 Å². The highest BCUT2D eigenvalue weighted by molar-refractivity contribution is 5.73. The van der Waals surface area contributed by atoms with E-state index < -0.39 is 0 Å². The quantitative estimate of drug-likeness (QED) is 0.724. The number of aromatic nitrogens is 4. The highest BCUT2D eigenvalue weighted by atomic mass is 16.1. The fraction of sp³-hybridized carbons (Fsp3) is 0.500. The van der Waals surface area contributed by atoms with Crippen LogP contribution in [0.15, 0.2) is 11.0 Å². The van der Waals surface area contributed by atoms with E-state index in [4.69, 9.17) is 0 Å². The number of H-pyrrole nitrogens is 2. The van der Waals surface area contributed by atoms with Crippen LogP contribution in [0.25, 0.3) is 11.0 Å². The highest BCUT2D eigenvalue weighted by Crippen LogP contribution is 2.08. The molecule has 0 aromatic carbocycles. The Kier molecular flexibility index (Phi) is 2.64. The van der Waals surface area contributed by atoms with Gasteiger partial charge in [0.05, 0.1) is 6.20 Å². The van der Waals surface area contributed by atoms with Crippen LogP contribution in [0.3, 0.4) is 0 Å². The Bertz CT molecular complexity index is 541. The van der Waals surface area contributed by atoms with Gasteiger partial charge in [-0.3, -0.25) is 14.9 Å². The highest BCUT2D eigenvalue weighted by Gasteiger charge is 2.10. The maximum atomic E-state index is 11.6. The Morgan fingerprint density at radius 3 is 2.81 bits per heavy atom. The lowest BCUT2D eigenvalue weighted by atomic mass is 10.1. The maximum Gasteiger partial charge on any atom is 0.263 e. The van der Waals surface area contributed by atoms with Gasteiger partial charge in [-0.1, -0.05) is 13.8 Å². The molecule has 16 heavy (non-hydrogen) atoms. The monoisotopic (exact) mass is 221 g/mol. The van der Waals surface area contributed by atoms with Gasteiger partial charge in [0.1, 0.15) is 5.39 Å². The van der Waals surface area contributed by atoms with E-state index in [1.54, 1.807) is 0 Å². The average Bonchev–Trinajstić information content (AvgIpc) is 2.65. The van der Waals surface area contributed by atoms with Crippen LogP contribution in [0.5, 0.6) is 0 Å². The van der Waals surface area contributed by atoms with Crippen LogP contribution in [-0.2, 0) is 0 Å². The third kappa shape index (κ3) is 1.91. The van der Waals surface area contributed by atoms with E-state index >= 15 is 0 Å². The van der Waals surface area contributed by atoms with E-state index in [2.05, 4.69) is 39.3 Å². The predicted molar refractivity (Wildman–Crippen MR) is 62.4 cm³/mol. The van der Waals surface area contributed by atoms with Crippen LogP contribution in [0.4, 0.5) is 5.95 Å². The predicted octanol–water partition coefficient (Wildman–Crippen LogP) is 1.10. The first-order valence-electron chi connectivity index (χ1n) is 5.28. The summed E-state index contributed by atoms with van der Waals surface area (Å²) in [6.07, 6.45) is 1.47. The van der Waals surface area contributed by atoms with E-state index in [0.717, 1.165) is 0 Å². The molecule has 0 spiro atoms. The summed E-state index contributed by atoms with van der Waals surface area (Å²) in [4.78, 5) is 18.5. The molecule has 0 aliphatic heterocycles. The number of nitrogens with zero attached hydrogens (tertiary/aromatic N) is 2. The Morgan fingerprint density at radius 2 is 2.12 bits per heavy atom. The minimum atomic E-state index is -0.183. The number of anilines is 1. The summed E-state index contributed by atoms with van der Waals surface area (Å²) in [5, 5.41) is 10.1. The third-order valence-corrected chi connectivity index (χ3v) is 2.68. The largest absolute Gasteiger partial charge is 0.353 e. The van der Waals surface area contributed by atoms with E-state index in [1.807, 2.05) is 6.92 Å². The van der Waals surface area contributed by atoms with Crippen LogP contribution < -0.4 is 10.9 Å². The van der Waals surface area contributed by atoms with E-state index in [9.17, 15) is 4.79 Å². The van der Waals surface area contributed by atoms with Crippen molar-refractivity contribution in [2.45, 2.75) is 26.8 Å². The third-order valence-electron chi connectivity index (χ3n) is 2.68. The maximum absolute atomic E-state index is 11.6. The van der Waals surface area contributed by atoms with Crippen LogP contribution in [-0.4, -0.2) is 26.2 Å². The summed E-state index contributed by atoms with van der Waals surface area (Å²) in [5.74, 6) is 0.936. The molecule has 3 N–H and O–H groups in total. The Balaban J connectivity index is 2.35. The molecule has 0 aliphatic carbocycles.